The van der Waals surface area contributed by atoms with E-state index < -0.39 is 6.10 Å². The molecule has 0 bridgehead atoms. The minimum absolute atomic E-state index is 0.253. The summed E-state index contributed by atoms with van der Waals surface area (Å²) in [6.07, 6.45) is -0.574. The standard InChI is InChI=1S/C10H13NO3/c1-6(12)10(11)7-2-3-8-9(4-7)14-5-13-8/h2-4,6,10,12H,5,11H2,1H3/t6-,10-/m0/s1. The van der Waals surface area contributed by atoms with Crippen molar-refractivity contribution in [1.82, 2.24) is 0 Å². The molecule has 14 heavy (non-hydrogen) atoms. The van der Waals surface area contributed by atoms with E-state index in [4.69, 9.17) is 15.2 Å². The van der Waals surface area contributed by atoms with Crippen molar-refractivity contribution in [3.8, 4) is 11.5 Å². The van der Waals surface area contributed by atoms with E-state index in [-0.39, 0.29) is 12.8 Å². The van der Waals surface area contributed by atoms with Gasteiger partial charge in [-0.25, -0.2) is 0 Å². The van der Waals surface area contributed by atoms with Gasteiger partial charge in [0.1, 0.15) is 0 Å². The molecule has 0 radical (unpaired) electrons. The van der Waals surface area contributed by atoms with E-state index >= 15 is 0 Å². The summed E-state index contributed by atoms with van der Waals surface area (Å²) < 4.78 is 10.4. The Balaban J connectivity index is 2.28. The number of fused-ring (bicyclic) bond motifs is 1. The summed E-state index contributed by atoms with van der Waals surface area (Å²) in [7, 11) is 0. The van der Waals surface area contributed by atoms with E-state index in [0.717, 1.165) is 11.3 Å². The molecule has 1 heterocycles. The lowest BCUT2D eigenvalue weighted by Crippen LogP contribution is -2.22. The minimum atomic E-state index is -0.574. The maximum atomic E-state index is 9.33. The minimum Gasteiger partial charge on any atom is -0.454 e. The van der Waals surface area contributed by atoms with Crippen LogP contribution in [0.25, 0.3) is 0 Å². The van der Waals surface area contributed by atoms with Gasteiger partial charge in [0.25, 0.3) is 0 Å². The normalized spacial score (nSPS) is 17.9. The molecule has 76 valence electrons. The van der Waals surface area contributed by atoms with Crippen LogP contribution in [0.4, 0.5) is 0 Å². The predicted octanol–water partition coefficient (Wildman–Crippen LogP) is 0.796. The lowest BCUT2D eigenvalue weighted by molar-refractivity contribution is 0.164. The summed E-state index contributed by atoms with van der Waals surface area (Å²) in [4.78, 5) is 0. The van der Waals surface area contributed by atoms with E-state index in [1.165, 1.54) is 0 Å². The molecule has 1 aromatic carbocycles. The van der Waals surface area contributed by atoms with Gasteiger partial charge in [0.2, 0.25) is 6.79 Å². The molecule has 0 amide bonds. The first kappa shape index (κ1) is 9.30. The first-order valence-electron chi connectivity index (χ1n) is 4.51. The van der Waals surface area contributed by atoms with Gasteiger partial charge < -0.3 is 20.3 Å². The second-order valence-corrected chi connectivity index (χ2v) is 3.38. The Kier molecular flexibility index (Phi) is 2.31. The number of benzene rings is 1. The summed E-state index contributed by atoms with van der Waals surface area (Å²) in [5.74, 6) is 1.42. The van der Waals surface area contributed by atoms with Crippen molar-refractivity contribution in [3.63, 3.8) is 0 Å². The third-order valence-corrected chi connectivity index (χ3v) is 2.30. The van der Waals surface area contributed by atoms with Crippen LogP contribution in [0.15, 0.2) is 18.2 Å². The highest BCUT2D eigenvalue weighted by molar-refractivity contribution is 5.45. The van der Waals surface area contributed by atoms with Gasteiger partial charge in [0, 0.05) is 0 Å². The van der Waals surface area contributed by atoms with Crippen molar-refractivity contribution in [3.05, 3.63) is 23.8 Å². The fraction of sp³-hybridized carbons (Fsp3) is 0.400. The maximum absolute atomic E-state index is 9.33. The highest BCUT2D eigenvalue weighted by Crippen LogP contribution is 2.34. The first-order chi connectivity index (χ1) is 6.68. The largest absolute Gasteiger partial charge is 0.454 e. The van der Waals surface area contributed by atoms with Crippen LogP contribution >= 0.6 is 0 Å². The van der Waals surface area contributed by atoms with E-state index in [0.29, 0.717) is 5.75 Å². The lowest BCUT2D eigenvalue weighted by atomic mass is 10.0. The molecule has 4 nitrogen and oxygen atoms in total. The Morgan fingerprint density at radius 3 is 2.79 bits per heavy atom. The predicted molar refractivity (Wildman–Crippen MR) is 51.2 cm³/mol. The van der Waals surface area contributed by atoms with Crippen LogP contribution in [0.1, 0.15) is 18.5 Å². The molecule has 1 aromatic rings. The zero-order valence-electron chi connectivity index (χ0n) is 7.93. The van der Waals surface area contributed by atoms with Gasteiger partial charge in [-0.3, -0.25) is 0 Å². The number of hydrogen-bond acceptors (Lipinski definition) is 4. The van der Waals surface area contributed by atoms with Crippen LogP contribution in [-0.4, -0.2) is 18.0 Å². The lowest BCUT2D eigenvalue weighted by Gasteiger charge is -2.15. The van der Waals surface area contributed by atoms with Crippen LogP contribution in [0.3, 0.4) is 0 Å². The van der Waals surface area contributed by atoms with E-state index in [9.17, 15) is 5.11 Å². The average molecular weight is 195 g/mol. The zero-order valence-corrected chi connectivity index (χ0v) is 7.93. The summed E-state index contributed by atoms with van der Waals surface area (Å²) in [5.41, 5.74) is 6.64. The van der Waals surface area contributed by atoms with Crippen LogP contribution < -0.4 is 15.2 Å². The second kappa shape index (κ2) is 3.48. The highest BCUT2D eigenvalue weighted by Gasteiger charge is 2.17. The SMILES string of the molecule is C[C@H](O)[C@H](N)c1ccc2c(c1)OCO2. The molecule has 0 aromatic heterocycles. The topological polar surface area (TPSA) is 64.7 Å². The summed E-state index contributed by atoms with van der Waals surface area (Å²) in [6.45, 7) is 1.91. The van der Waals surface area contributed by atoms with Crippen molar-refractivity contribution in [1.29, 1.82) is 0 Å². The average Bonchev–Trinajstić information content (AvgIpc) is 2.62. The maximum Gasteiger partial charge on any atom is 0.231 e. The molecule has 1 aliphatic heterocycles. The molecule has 0 saturated carbocycles. The number of nitrogens with two attached hydrogens (primary N) is 1. The Morgan fingerprint density at radius 1 is 1.36 bits per heavy atom. The van der Waals surface area contributed by atoms with Crippen molar-refractivity contribution >= 4 is 0 Å². The fourth-order valence-corrected chi connectivity index (χ4v) is 1.40. The van der Waals surface area contributed by atoms with Gasteiger partial charge in [-0.1, -0.05) is 6.07 Å². The molecular weight excluding hydrogens is 182 g/mol. The number of ether oxygens (including phenoxy) is 2. The summed E-state index contributed by atoms with van der Waals surface area (Å²) in [6, 6.07) is 5.06. The molecule has 0 unspecified atom stereocenters. The number of aliphatic hydroxyl groups excluding tert-OH is 1. The summed E-state index contributed by atoms with van der Waals surface area (Å²) >= 11 is 0. The van der Waals surface area contributed by atoms with Crippen LogP contribution in [-0.2, 0) is 0 Å². The van der Waals surface area contributed by atoms with Gasteiger partial charge in [0.05, 0.1) is 12.1 Å². The van der Waals surface area contributed by atoms with Crippen molar-refractivity contribution in [2.75, 3.05) is 6.79 Å². The van der Waals surface area contributed by atoms with E-state index in [2.05, 4.69) is 0 Å². The van der Waals surface area contributed by atoms with Crippen molar-refractivity contribution in [2.45, 2.75) is 19.1 Å². The third-order valence-electron chi connectivity index (χ3n) is 2.30. The molecular formula is C10H13NO3. The number of aliphatic hydroxyl groups is 1. The van der Waals surface area contributed by atoms with Crippen LogP contribution in [0.5, 0.6) is 11.5 Å². The highest BCUT2D eigenvalue weighted by atomic mass is 16.7. The molecule has 1 aliphatic rings. The smallest absolute Gasteiger partial charge is 0.231 e. The second-order valence-electron chi connectivity index (χ2n) is 3.38. The number of hydrogen-bond donors (Lipinski definition) is 2. The van der Waals surface area contributed by atoms with Gasteiger partial charge in [-0.2, -0.15) is 0 Å². The van der Waals surface area contributed by atoms with Crippen LogP contribution in [0, 0.1) is 0 Å². The monoisotopic (exact) mass is 195 g/mol. The molecule has 0 saturated heterocycles. The van der Waals surface area contributed by atoms with E-state index in [1.54, 1.807) is 19.1 Å². The zero-order chi connectivity index (χ0) is 10.1. The Bertz CT molecular complexity index is 338. The Morgan fingerprint density at radius 2 is 2.07 bits per heavy atom. The molecule has 0 fully saturated rings. The van der Waals surface area contributed by atoms with Crippen molar-refractivity contribution < 1.29 is 14.6 Å². The van der Waals surface area contributed by atoms with Gasteiger partial charge in [-0.15, -0.1) is 0 Å². The Labute approximate surface area is 82.2 Å². The molecule has 0 aliphatic carbocycles. The van der Waals surface area contributed by atoms with Crippen LogP contribution in [0.2, 0.25) is 0 Å². The van der Waals surface area contributed by atoms with Crippen molar-refractivity contribution in [2.24, 2.45) is 5.73 Å². The summed E-state index contributed by atoms with van der Waals surface area (Å²) in [5, 5.41) is 9.33. The molecule has 4 heteroatoms. The van der Waals surface area contributed by atoms with Gasteiger partial charge in [0.15, 0.2) is 11.5 Å². The molecule has 0 spiro atoms. The van der Waals surface area contributed by atoms with E-state index in [1.807, 2.05) is 6.07 Å². The van der Waals surface area contributed by atoms with Gasteiger partial charge >= 0.3 is 0 Å². The molecule has 2 rings (SSSR count). The fourth-order valence-electron chi connectivity index (χ4n) is 1.40. The molecule has 3 N–H and O–H groups in total. The molecule has 2 atom stereocenters. The third kappa shape index (κ3) is 1.54. The van der Waals surface area contributed by atoms with Gasteiger partial charge in [-0.05, 0) is 24.6 Å². The first-order valence-corrected chi connectivity index (χ1v) is 4.51. The quantitative estimate of drug-likeness (QED) is 0.732. The Hall–Kier alpha value is -1.26. The number of rotatable bonds is 2.